The number of carbonyl (C=O) groups excluding carboxylic acids is 1. The van der Waals surface area contributed by atoms with Gasteiger partial charge in [-0.05, 0) is 29.0 Å². The average molecular weight is 580 g/mol. The monoisotopic (exact) mass is 579 g/mol. The molecule has 1 heterocycles. The van der Waals surface area contributed by atoms with Crippen LogP contribution < -0.4 is 0 Å². The number of hydrogen-bond donors (Lipinski definition) is 3. The van der Waals surface area contributed by atoms with E-state index in [0.717, 1.165) is 44.1 Å². The molecule has 0 bridgehead atoms. The third-order valence-corrected chi connectivity index (χ3v) is 14.3. The lowest BCUT2D eigenvalue weighted by Crippen LogP contribution is -2.72. The number of esters is 1. The molecule has 10 nitrogen and oxygen atoms in total. The number of aliphatic hydroxyl groups is 3. The minimum atomic E-state index is -2.46. The first-order chi connectivity index (χ1) is 18.8. The van der Waals surface area contributed by atoms with Crippen molar-refractivity contribution >= 4 is 14.0 Å². The van der Waals surface area contributed by atoms with Crippen LogP contribution in [0, 0.1) is 0 Å². The fourth-order valence-electron chi connectivity index (χ4n) is 4.95. The van der Waals surface area contributed by atoms with E-state index < -0.39 is 43.9 Å². The number of methoxy groups -OCH3 is 1. The van der Waals surface area contributed by atoms with Gasteiger partial charge in [0, 0.05) is 24.4 Å². The molecule has 0 radical (unpaired) electrons. The maximum absolute atomic E-state index is 12.0. The lowest BCUT2D eigenvalue weighted by molar-refractivity contribution is -0.299. The van der Waals surface area contributed by atoms with E-state index in [-0.39, 0.29) is 17.4 Å². The van der Waals surface area contributed by atoms with E-state index in [2.05, 4.69) is 35.5 Å². The fraction of sp³-hybridized carbons (Fsp3) is 0.759. The van der Waals surface area contributed by atoms with Crippen molar-refractivity contribution < 1.29 is 34.3 Å². The van der Waals surface area contributed by atoms with Gasteiger partial charge in [0.05, 0.1) is 20.9 Å². The molecule has 0 spiro atoms. The normalized spacial score (nSPS) is 26.1. The summed E-state index contributed by atoms with van der Waals surface area (Å²) in [4.78, 5) is 14.2. The molecule has 1 aromatic rings. The molecule has 0 aliphatic carbocycles. The quantitative estimate of drug-likeness (QED) is 0.0656. The Labute approximate surface area is 239 Å². The van der Waals surface area contributed by atoms with Gasteiger partial charge >= 0.3 is 5.97 Å². The number of hydrogen-bond acceptors (Lipinski definition) is 8. The first kappa shape index (κ1) is 34.2. The SMILES string of the molecule is COC(=O)CCCCCCCCO[C@H]1O[C@H](C(O)[Si](C)(C)C(C)(C)C)[C@@H](O)[C@@](O)(Cc2ccccc2)[C@@H]1N=[N+]=[N-]. The number of unbranched alkanes of at least 4 members (excludes halogenated alkanes) is 5. The van der Waals surface area contributed by atoms with Gasteiger partial charge in [0.25, 0.3) is 0 Å². The van der Waals surface area contributed by atoms with Crippen molar-refractivity contribution in [1.29, 1.82) is 0 Å². The third kappa shape index (κ3) is 8.76. The Morgan fingerprint density at radius 3 is 2.33 bits per heavy atom. The van der Waals surface area contributed by atoms with Gasteiger partial charge < -0.3 is 29.5 Å². The fourth-order valence-corrected chi connectivity index (χ4v) is 6.92. The summed E-state index contributed by atoms with van der Waals surface area (Å²) in [6.07, 6.45) is 1.95. The Bertz CT molecular complexity index is 968. The van der Waals surface area contributed by atoms with Crippen molar-refractivity contribution in [2.24, 2.45) is 5.11 Å². The highest BCUT2D eigenvalue weighted by Crippen LogP contribution is 2.44. The Morgan fingerprint density at radius 1 is 1.15 bits per heavy atom. The van der Waals surface area contributed by atoms with Crippen LogP contribution in [0.3, 0.4) is 0 Å². The van der Waals surface area contributed by atoms with Crippen molar-refractivity contribution in [3.05, 3.63) is 46.3 Å². The number of benzene rings is 1. The van der Waals surface area contributed by atoms with Crippen molar-refractivity contribution in [3.8, 4) is 0 Å². The molecule has 1 aromatic carbocycles. The molecule has 0 aromatic heterocycles. The van der Waals surface area contributed by atoms with Crippen molar-refractivity contribution in [3.63, 3.8) is 0 Å². The Balaban J connectivity index is 2.18. The maximum Gasteiger partial charge on any atom is 0.305 e. The van der Waals surface area contributed by atoms with Crippen LogP contribution in [0.2, 0.25) is 18.1 Å². The average Bonchev–Trinajstić information content (AvgIpc) is 2.90. The first-order valence-electron chi connectivity index (χ1n) is 14.3. The molecule has 0 amide bonds. The predicted molar refractivity (Wildman–Crippen MR) is 156 cm³/mol. The number of azide groups is 1. The highest BCUT2D eigenvalue weighted by molar-refractivity contribution is 6.81. The van der Waals surface area contributed by atoms with Crippen LogP contribution in [-0.4, -0.2) is 78.9 Å². The standard InChI is InChI=1S/C29H49N3O7Si/c1-28(2,3)40(5,6)26(35)23-25(34)29(36,20-21-16-12-11-13-17-21)24(31-32-30)27(39-23)38-19-15-10-8-7-9-14-18-22(33)37-4/h11-13,16-17,23-27,34-36H,7-10,14-15,18-20H2,1-6H3/t23-,24+,25+,26?,27-,29+/m0/s1. The van der Waals surface area contributed by atoms with E-state index >= 15 is 0 Å². The van der Waals surface area contributed by atoms with Gasteiger partial charge in [-0.1, -0.05) is 95.0 Å². The number of ether oxygens (including phenoxy) is 3. The van der Waals surface area contributed by atoms with Crippen LogP contribution in [0.4, 0.5) is 0 Å². The smallest absolute Gasteiger partial charge is 0.305 e. The van der Waals surface area contributed by atoms with Crippen molar-refractivity contribution in [2.75, 3.05) is 13.7 Å². The zero-order valence-corrected chi connectivity index (χ0v) is 26.0. The van der Waals surface area contributed by atoms with Gasteiger partial charge in [-0.15, -0.1) is 0 Å². The zero-order chi connectivity index (χ0) is 30.0. The molecule has 1 aliphatic rings. The van der Waals surface area contributed by atoms with Crippen LogP contribution in [-0.2, 0) is 25.4 Å². The van der Waals surface area contributed by atoms with Crippen LogP contribution in [0.15, 0.2) is 35.4 Å². The van der Waals surface area contributed by atoms with Gasteiger partial charge in [-0.3, -0.25) is 4.79 Å². The molecule has 2 rings (SSSR count). The Hall–Kier alpha value is -1.98. The second-order valence-corrected chi connectivity index (χ2v) is 18.0. The molecule has 3 N–H and O–H groups in total. The van der Waals surface area contributed by atoms with E-state index in [1.54, 1.807) is 0 Å². The van der Waals surface area contributed by atoms with Gasteiger partial charge in [-0.25, -0.2) is 0 Å². The molecular formula is C29H49N3O7Si. The number of rotatable bonds is 15. The number of nitrogens with zero attached hydrogens (tertiary/aromatic N) is 3. The largest absolute Gasteiger partial charge is 0.469 e. The van der Waals surface area contributed by atoms with Crippen molar-refractivity contribution in [2.45, 2.75) is 126 Å². The summed E-state index contributed by atoms with van der Waals surface area (Å²) in [5, 5.41) is 38.8. The van der Waals surface area contributed by atoms with Crippen molar-refractivity contribution in [1.82, 2.24) is 0 Å². The molecule has 40 heavy (non-hydrogen) atoms. The molecule has 0 saturated carbocycles. The van der Waals surface area contributed by atoms with E-state index in [0.29, 0.717) is 13.0 Å². The minimum absolute atomic E-state index is 0.00574. The summed E-state index contributed by atoms with van der Waals surface area (Å²) in [6, 6.07) is 7.94. The summed E-state index contributed by atoms with van der Waals surface area (Å²) in [7, 11) is -1.07. The number of aliphatic hydroxyl groups excluding tert-OH is 2. The molecular weight excluding hydrogens is 530 g/mol. The van der Waals surface area contributed by atoms with E-state index in [9.17, 15) is 25.6 Å². The first-order valence-corrected chi connectivity index (χ1v) is 17.4. The van der Waals surface area contributed by atoms with Gasteiger partial charge in [0.1, 0.15) is 23.9 Å². The summed E-state index contributed by atoms with van der Waals surface area (Å²) in [6.45, 7) is 10.5. The van der Waals surface area contributed by atoms with Crippen LogP contribution >= 0.6 is 0 Å². The molecule has 1 saturated heterocycles. The summed E-state index contributed by atoms with van der Waals surface area (Å²) in [5.74, 6) is -0.190. The van der Waals surface area contributed by atoms with Gasteiger partial charge in [0.2, 0.25) is 0 Å². The third-order valence-electron chi connectivity index (χ3n) is 8.66. The van der Waals surface area contributed by atoms with Crippen LogP contribution in [0.5, 0.6) is 0 Å². The zero-order valence-electron chi connectivity index (χ0n) is 25.0. The molecule has 1 unspecified atom stereocenters. The highest BCUT2D eigenvalue weighted by Gasteiger charge is 2.60. The van der Waals surface area contributed by atoms with E-state index in [4.69, 9.17) is 9.47 Å². The predicted octanol–water partition coefficient (Wildman–Crippen LogP) is 5.05. The molecule has 6 atom stereocenters. The van der Waals surface area contributed by atoms with Crippen LogP contribution in [0.1, 0.15) is 71.3 Å². The second-order valence-electron chi connectivity index (χ2n) is 12.5. The van der Waals surface area contributed by atoms with Gasteiger partial charge in [-0.2, -0.15) is 0 Å². The topological polar surface area (TPSA) is 154 Å². The van der Waals surface area contributed by atoms with Gasteiger partial charge in [0.15, 0.2) is 6.29 Å². The Morgan fingerprint density at radius 2 is 1.75 bits per heavy atom. The maximum atomic E-state index is 12.0. The second kappa shape index (κ2) is 15.3. The summed E-state index contributed by atoms with van der Waals surface area (Å²) in [5.41, 5.74) is 7.18. The van der Waals surface area contributed by atoms with E-state index in [1.807, 2.05) is 43.4 Å². The molecule has 226 valence electrons. The molecule has 1 fully saturated rings. The molecule has 1 aliphatic heterocycles. The lowest BCUT2D eigenvalue weighted by atomic mass is 9.78. The highest BCUT2D eigenvalue weighted by atomic mass is 28.3. The summed E-state index contributed by atoms with van der Waals surface area (Å²) < 4.78 is 16.9. The summed E-state index contributed by atoms with van der Waals surface area (Å²) >= 11 is 0. The lowest BCUT2D eigenvalue weighted by Gasteiger charge is -2.53. The van der Waals surface area contributed by atoms with E-state index in [1.165, 1.54) is 7.11 Å². The molecule has 11 heteroatoms. The number of carbonyl (C=O) groups is 1. The van der Waals surface area contributed by atoms with Crippen LogP contribution in [0.25, 0.3) is 10.4 Å². The Kier molecular flexibility index (Phi) is 13.1. The minimum Gasteiger partial charge on any atom is -0.469 e.